The molecule has 104 valence electrons. The first-order valence-electron chi connectivity index (χ1n) is 6.71. The zero-order chi connectivity index (χ0) is 13.8. The number of rotatable bonds is 6. The van der Waals surface area contributed by atoms with Crippen molar-refractivity contribution < 1.29 is 8.94 Å². The van der Waals surface area contributed by atoms with Crippen molar-refractivity contribution in [3.63, 3.8) is 0 Å². The minimum absolute atomic E-state index is 0.0788. The van der Waals surface area contributed by atoms with E-state index in [1.54, 1.807) is 6.26 Å². The highest BCUT2D eigenvalue weighted by molar-refractivity contribution is 5.00. The first-order chi connectivity index (χ1) is 9.11. The lowest BCUT2D eigenvalue weighted by Gasteiger charge is -2.23. The van der Waals surface area contributed by atoms with Crippen molar-refractivity contribution in [1.82, 2.24) is 15.0 Å². The van der Waals surface area contributed by atoms with Gasteiger partial charge in [-0.15, -0.1) is 0 Å². The molecule has 2 rings (SSSR count). The summed E-state index contributed by atoms with van der Waals surface area (Å²) in [7, 11) is 0. The van der Waals surface area contributed by atoms with Gasteiger partial charge in [-0.3, -0.25) is 4.90 Å². The molecule has 0 unspecified atom stereocenters. The normalized spacial score (nSPS) is 13.4. The fraction of sp³-hybridized carbons (Fsp3) is 0.571. The molecule has 0 aliphatic heterocycles. The largest absolute Gasteiger partial charge is 0.468 e. The second-order valence-electron chi connectivity index (χ2n) is 4.96. The molecule has 0 bridgehead atoms. The highest BCUT2D eigenvalue weighted by atomic mass is 16.5. The fourth-order valence-corrected chi connectivity index (χ4v) is 1.93. The molecule has 2 aromatic heterocycles. The lowest BCUT2D eigenvalue weighted by atomic mass is 10.2. The number of nitrogens with zero attached hydrogens (tertiary/aromatic N) is 3. The van der Waals surface area contributed by atoms with Crippen LogP contribution in [0.25, 0.3) is 0 Å². The van der Waals surface area contributed by atoms with Crippen LogP contribution in [0.2, 0.25) is 0 Å². The summed E-state index contributed by atoms with van der Waals surface area (Å²) in [5.41, 5.74) is 0. The van der Waals surface area contributed by atoms with Crippen LogP contribution in [0.1, 0.15) is 57.1 Å². The van der Waals surface area contributed by atoms with Gasteiger partial charge in [-0.05, 0) is 25.6 Å². The Morgan fingerprint density at radius 1 is 1.32 bits per heavy atom. The van der Waals surface area contributed by atoms with Gasteiger partial charge in [0.05, 0.1) is 18.8 Å². The third-order valence-electron chi connectivity index (χ3n) is 3.22. The van der Waals surface area contributed by atoms with Gasteiger partial charge in [-0.2, -0.15) is 4.98 Å². The summed E-state index contributed by atoms with van der Waals surface area (Å²) in [6.45, 7) is 9.92. The van der Waals surface area contributed by atoms with Crippen LogP contribution >= 0.6 is 0 Å². The van der Waals surface area contributed by atoms with Gasteiger partial charge in [0.1, 0.15) is 5.76 Å². The Bertz CT molecular complexity index is 491. The van der Waals surface area contributed by atoms with Gasteiger partial charge in [-0.1, -0.05) is 25.9 Å². The number of furan rings is 1. The maximum Gasteiger partial charge on any atom is 0.243 e. The molecule has 2 aromatic rings. The van der Waals surface area contributed by atoms with Gasteiger partial charge in [0, 0.05) is 5.92 Å². The smallest absolute Gasteiger partial charge is 0.243 e. The van der Waals surface area contributed by atoms with Crippen molar-refractivity contribution in [1.29, 1.82) is 0 Å². The lowest BCUT2D eigenvalue weighted by molar-refractivity contribution is 0.162. The average molecular weight is 263 g/mol. The van der Waals surface area contributed by atoms with E-state index >= 15 is 0 Å². The van der Waals surface area contributed by atoms with Crippen molar-refractivity contribution in [2.24, 2.45) is 0 Å². The molecule has 1 atom stereocenters. The van der Waals surface area contributed by atoms with Crippen LogP contribution in [0.4, 0.5) is 0 Å². The summed E-state index contributed by atoms with van der Waals surface area (Å²) < 4.78 is 10.7. The van der Waals surface area contributed by atoms with E-state index in [2.05, 4.69) is 42.7 Å². The first kappa shape index (κ1) is 13.8. The number of aromatic nitrogens is 2. The van der Waals surface area contributed by atoms with Gasteiger partial charge < -0.3 is 8.94 Å². The molecule has 0 N–H and O–H groups in total. The van der Waals surface area contributed by atoms with Gasteiger partial charge in [0.2, 0.25) is 5.89 Å². The summed E-state index contributed by atoms with van der Waals surface area (Å²) >= 11 is 0. The Kier molecular flexibility index (Phi) is 4.37. The Balaban J connectivity index is 2.08. The van der Waals surface area contributed by atoms with E-state index in [0.717, 1.165) is 24.7 Å². The zero-order valence-corrected chi connectivity index (χ0v) is 12.0. The zero-order valence-electron chi connectivity index (χ0n) is 12.0. The predicted molar refractivity (Wildman–Crippen MR) is 71.6 cm³/mol. The van der Waals surface area contributed by atoms with Gasteiger partial charge in [0.25, 0.3) is 0 Å². The molecule has 19 heavy (non-hydrogen) atoms. The summed E-state index contributed by atoms with van der Waals surface area (Å²) in [4.78, 5) is 6.69. The molecule has 2 heterocycles. The second kappa shape index (κ2) is 6.02. The van der Waals surface area contributed by atoms with E-state index < -0.39 is 0 Å². The van der Waals surface area contributed by atoms with Crippen molar-refractivity contribution in [2.45, 2.75) is 46.2 Å². The number of hydrogen-bond donors (Lipinski definition) is 0. The maximum absolute atomic E-state index is 5.39. The van der Waals surface area contributed by atoms with Crippen LogP contribution in [-0.4, -0.2) is 21.6 Å². The standard InChI is InChI=1S/C14H21N3O2/c1-5-17(9-12-7-6-8-18-12)11(4)14-15-13(10(2)3)16-19-14/h6-8,10-11H,5,9H2,1-4H3/t11-/m1/s1. The topological polar surface area (TPSA) is 55.3 Å². The molecule has 0 fully saturated rings. The Morgan fingerprint density at radius 3 is 2.63 bits per heavy atom. The average Bonchev–Trinajstić information content (AvgIpc) is 3.06. The first-order valence-corrected chi connectivity index (χ1v) is 6.71. The molecule has 0 aromatic carbocycles. The second-order valence-corrected chi connectivity index (χ2v) is 4.96. The van der Waals surface area contributed by atoms with Gasteiger partial charge in [-0.25, -0.2) is 0 Å². The molecule has 5 nitrogen and oxygen atoms in total. The van der Waals surface area contributed by atoms with Crippen molar-refractivity contribution in [2.75, 3.05) is 6.54 Å². The van der Waals surface area contributed by atoms with Crippen LogP contribution in [-0.2, 0) is 6.54 Å². The molecule has 0 aliphatic carbocycles. The third-order valence-corrected chi connectivity index (χ3v) is 3.22. The summed E-state index contributed by atoms with van der Waals surface area (Å²) in [6, 6.07) is 3.95. The lowest BCUT2D eigenvalue weighted by Crippen LogP contribution is -2.26. The summed E-state index contributed by atoms with van der Waals surface area (Å²) in [6.07, 6.45) is 1.69. The molecule has 0 radical (unpaired) electrons. The molecule has 0 amide bonds. The molecule has 0 spiro atoms. The minimum Gasteiger partial charge on any atom is -0.468 e. The van der Waals surface area contributed by atoms with Gasteiger partial charge in [0.15, 0.2) is 5.82 Å². The van der Waals surface area contributed by atoms with E-state index in [1.807, 2.05) is 12.1 Å². The molecule has 0 aliphatic rings. The van der Waals surface area contributed by atoms with E-state index in [4.69, 9.17) is 8.94 Å². The third kappa shape index (κ3) is 3.23. The van der Waals surface area contributed by atoms with Gasteiger partial charge >= 0.3 is 0 Å². The summed E-state index contributed by atoms with van der Waals surface area (Å²) in [5, 5.41) is 4.01. The SMILES string of the molecule is CCN(Cc1ccco1)[C@H](C)c1nc(C(C)C)no1. The molecule has 0 saturated carbocycles. The van der Waals surface area contributed by atoms with E-state index in [9.17, 15) is 0 Å². The van der Waals surface area contributed by atoms with Crippen molar-refractivity contribution in [3.8, 4) is 0 Å². The quantitative estimate of drug-likeness (QED) is 0.799. The van der Waals surface area contributed by atoms with Crippen LogP contribution in [0.15, 0.2) is 27.3 Å². The van der Waals surface area contributed by atoms with E-state index in [-0.39, 0.29) is 12.0 Å². The van der Waals surface area contributed by atoms with E-state index in [0.29, 0.717) is 5.89 Å². The highest BCUT2D eigenvalue weighted by Crippen LogP contribution is 2.22. The Morgan fingerprint density at radius 2 is 2.11 bits per heavy atom. The molecular weight excluding hydrogens is 242 g/mol. The molecule has 0 saturated heterocycles. The Labute approximate surface area is 113 Å². The Hall–Kier alpha value is -1.62. The fourth-order valence-electron chi connectivity index (χ4n) is 1.93. The maximum atomic E-state index is 5.39. The van der Waals surface area contributed by atoms with Crippen molar-refractivity contribution in [3.05, 3.63) is 35.9 Å². The minimum atomic E-state index is 0.0788. The van der Waals surface area contributed by atoms with Crippen LogP contribution in [0.3, 0.4) is 0 Å². The monoisotopic (exact) mass is 263 g/mol. The summed E-state index contributed by atoms with van der Waals surface area (Å²) in [5.74, 6) is 2.65. The van der Waals surface area contributed by atoms with E-state index in [1.165, 1.54) is 0 Å². The predicted octanol–water partition coefficient (Wildman–Crippen LogP) is 3.37. The molecular formula is C14H21N3O2. The van der Waals surface area contributed by atoms with Crippen molar-refractivity contribution >= 4 is 0 Å². The number of hydrogen-bond acceptors (Lipinski definition) is 5. The van der Waals surface area contributed by atoms with Crippen LogP contribution in [0, 0.1) is 0 Å². The molecule has 5 heteroatoms. The van der Waals surface area contributed by atoms with Crippen LogP contribution in [0.5, 0.6) is 0 Å². The van der Waals surface area contributed by atoms with Crippen LogP contribution < -0.4 is 0 Å². The highest BCUT2D eigenvalue weighted by Gasteiger charge is 2.22.